The summed E-state index contributed by atoms with van der Waals surface area (Å²) in [6.07, 6.45) is 2.16. The van der Waals surface area contributed by atoms with Crippen LogP contribution in [-0.2, 0) is 6.42 Å². The number of rotatable bonds is 7. The van der Waals surface area contributed by atoms with E-state index in [1.54, 1.807) is 38.5 Å². The second-order valence-corrected chi connectivity index (χ2v) is 7.21. The molecular formula is C25H23N3O4. The molecule has 0 fully saturated rings. The number of benzene rings is 3. The fourth-order valence-corrected chi connectivity index (χ4v) is 3.42. The van der Waals surface area contributed by atoms with E-state index in [4.69, 9.17) is 9.47 Å². The lowest BCUT2D eigenvalue weighted by Gasteiger charge is -2.09. The predicted molar refractivity (Wildman–Crippen MR) is 123 cm³/mol. The van der Waals surface area contributed by atoms with Gasteiger partial charge in [-0.15, -0.1) is 0 Å². The number of fused-ring (bicyclic) bond motifs is 1. The van der Waals surface area contributed by atoms with Crippen molar-refractivity contribution in [1.29, 1.82) is 0 Å². The molecule has 0 bridgehead atoms. The molecule has 1 heterocycles. The zero-order valence-electron chi connectivity index (χ0n) is 17.9. The first-order valence-electron chi connectivity index (χ1n) is 10.2. The minimum Gasteiger partial charge on any atom is -0.497 e. The maximum Gasteiger partial charge on any atom is 0.265 e. The van der Waals surface area contributed by atoms with Crippen LogP contribution in [0.5, 0.6) is 11.5 Å². The molecule has 7 nitrogen and oxygen atoms in total. The lowest BCUT2D eigenvalue weighted by atomic mass is 10.1. The minimum atomic E-state index is -0.213. The summed E-state index contributed by atoms with van der Waals surface area (Å²) in [6.45, 7) is 0.494. The summed E-state index contributed by atoms with van der Waals surface area (Å²) in [6, 6.07) is 19.8. The first-order chi connectivity index (χ1) is 15.6. The Labute approximate surface area is 185 Å². The van der Waals surface area contributed by atoms with Gasteiger partial charge in [0.15, 0.2) is 0 Å². The zero-order valence-corrected chi connectivity index (χ0v) is 17.9. The van der Waals surface area contributed by atoms with Crippen LogP contribution in [0, 0.1) is 0 Å². The Morgan fingerprint density at radius 3 is 2.50 bits per heavy atom. The highest BCUT2D eigenvalue weighted by molar-refractivity contribution is 5.97. The van der Waals surface area contributed by atoms with E-state index in [0.29, 0.717) is 40.9 Å². The Morgan fingerprint density at radius 1 is 0.969 bits per heavy atom. The second kappa shape index (κ2) is 9.34. The molecule has 1 N–H and O–H groups in total. The number of ether oxygens (including phenoxy) is 2. The molecule has 0 spiro atoms. The van der Waals surface area contributed by atoms with Crippen LogP contribution in [0.1, 0.15) is 15.9 Å². The van der Waals surface area contributed by atoms with E-state index < -0.39 is 0 Å². The summed E-state index contributed by atoms with van der Waals surface area (Å²) >= 11 is 0. The first kappa shape index (κ1) is 21.1. The van der Waals surface area contributed by atoms with Gasteiger partial charge in [0.25, 0.3) is 11.5 Å². The fourth-order valence-electron chi connectivity index (χ4n) is 3.42. The molecule has 0 aliphatic heterocycles. The average molecular weight is 429 g/mol. The van der Waals surface area contributed by atoms with E-state index in [0.717, 1.165) is 11.3 Å². The number of nitrogens with zero attached hydrogens (tertiary/aromatic N) is 2. The molecule has 0 atom stereocenters. The molecule has 0 aliphatic rings. The zero-order chi connectivity index (χ0) is 22.5. The van der Waals surface area contributed by atoms with Gasteiger partial charge in [0.2, 0.25) is 0 Å². The summed E-state index contributed by atoms with van der Waals surface area (Å²) < 4.78 is 11.8. The van der Waals surface area contributed by atoms with E-state index in [2.05, 4.69) is 10.3 Å². The summed E-state index contributed by atoms with van der Waals surface area (Å²) in [5.41, 5.74) is 2.47. The standard InChI is InChI=1S/C25H23N3O4/c1-31-20-9-6-17(7-10-20)12-13-26-24(29)18-8-11-22-23(14-18)27-16-28(25(22)30)19-4-3-5-21(15-19)32-2/h3-11,14-16H,12-13H2,1-2H3,(H,26,29). The quantitative estimate of drug-likeness (QED) is 0.487. The third kappa shape index (κ3) is 4.46. The normalized spacial score (nSPS) is 10.7. The number of aromatic nitrogens is 2. The Hall–Kier alpha value is -4.13. The van der Waals surface area contributed by atoms with Crippen LogP contribution in [0.15, 0.2) is 77.9 Å². The van der Waals surface area contributed by atoms with Gasteiger partial charge in [-0.05, 0) is 54.4 Å². The van der Waals surface area contributed by atoms with Crippen LogP contribution in [0.4, 0.5) is 0 Å². The highest BCUT2D eigenvalue weighted by atomic mass is 16.5. The summed E-state index contributed by atoms with van der Waals surface area (Å²) in [7, 11) is 3.20. The Balaban J connectivity index is 1.49. The third-order valence-electron chi connectivity index (χ3n) is 5.21. The van der Waals surface area contributed by atoms with Gasteiger partial charge < -0.3 is 14.8 Å². The van der Waals surface area contributed by atoms with Crippen molar-refractivity contribution in [3.8, 4) is 17.2 Å². The molecule has 0 saturated heterocycles. The highest BCUT2D eigenvalue weighted by Gasteiger charge is 2.11. The smallest absolute Gasteiger partial charge is 0.265 e. The van der Waals surface area contributed by atoms with Gasteiger partial charge in [0.05, 0.1) is 30.8 Å². The number of hydrogen-bond donors (Lipinski definition) is 1. The van der Waals surface area contributed by atoms with Crippen LogP contribution < -0.4 is 20.3 Å². The van der Waals surface area contributed by atoms with Gasteiger partial charge in [-0.1, -0.05) is 18.2 Å². The third-order valence-corrected chi connectivity index (χ3v) is 5.21. The topological polar surface area (TPSA) is 82.5 Å². The number of hydrogen-bond acceptors (Lipinski definition) is 5. The van der Waals surface area contributed by atoms with Gasteiger partial charge in [0, 0.05) is 18.2 Å². The monoisotopic (exact) mass is 429 g/mol. The molecule has 162 valence electrons. The molecule has 3 aromatic carbocycles. The van der Waals surface area contributed by atoms with E-state index in [9.17, 15) is 9.59 Å². The molecule has 7 heteroatoms. The lowest BCUT2D eigenvalue weighted by molar-refractivity contribution is 0.0954. The van der Waals surface area contributed by atoms with Gasteiger partial charge in [0.1, 0.15) is 17.8 Å². The summed E-state index contributed by atoms with van der Waals surface area (Å²) in [4.78, 5) is 29.9. The first-order valence-corrected chi connectivity index (χ1v) is 10.2. The average Bonchev–Trinajstić information content (AvgIpc) is 2.84. The second-order valence-electron chi connectivity index (χ2n) is 7.21. The van der Waals surface area contributed by atoms with E-state index in [-0.39, 0.29) is 11.5 Å². The van der Waals surface area contributed by atoms with E-state index in [1.165, 1.54) is 10.9 Å². The molecule has 0 saturated carbocycles. The van der Waals surface area contributed by atoms with Crippen molar-refractivity contribution < 1.29 is 14.3 Å². The maximum atomic E-state index is 13.0. The summed E-state index contributed by atoms with van der Waals surface area (Å²) in [5.74, 6) is 1.24. The molecule has 0 unspecified atom stereocenters. The molecule has 0 radical (unpaired) electrons. The van der Waals surface area contributed by atoms with Crippen LogP contribution in [0.2, 0.25) is 0 Å². The SMILES string of the molecule is COc1ccc(CCNC(=O)c2ccc3c(=O)n(-c4cccc(OC)c4)cnc3c2)cc1. The molecule has 0 aliphatic carbocycles. The highest BCUT2D eigenvalue weighted by Crippen LogP contribution is 2.17. The summed E-state index contributed by atoms with van der Waals surface area (Å²) in [5, 5.41) is 3.35. The Morgan fingerprint density at radius 2 is 1.75 bits per heavy atom. The van der Waals surface area contributed by atoms with Crippen molar-refractivity contribution in [2.45, 2.75) is 6.42 Å². The maximum absolute atomic E-state index is 13.0. The van der Waals surface area contributed by atoms with Gasteiger partial charge in [-0.25, -0.2) is 4.98 Å². The number of carbonyl (C=O) groups excluding carboxylic acids is 1. The van der Waals surface area contributed by atoms with Crippen LogP contribution >= 0.6 is 0 Å². The van der Waals surface area contributed by atoms with E-state index in [1.807, 2.05) is 42.5 Å². The van der Waals surface area contributed by atoms with Gasteiger partial charge in [-0.3, -0.25) is 14.2 Å². The lowest BCUT2D eigenvalue weighted by Crippen LogP contribution is -2.26. The van der Waals surface area contributed by atoms with Crippen molar-refractivity contribution in [3.05, 3.63) is 94.5 Å². The Kier molecular flexibility index (Phi) is 6.17. The van der Waals surface area contributed by atoms with Gasteiger partial charge in [-0.2, -0.15) is 0 Å². The van der Waals surface area contributed by atoms with Crippen molar-refractivity contribution >= 4 is 16.8 Å². The molecule has 4 aromatic rings. The minimum absolute atomic E-state index is 0.209. The largest absolute Gasteiger partial charge is 0.497 e. The molecule has 1 amide bonds. The van der Waals surface area contributed by atoms with Crippen molar-refractivity contribution in [2.24, 2.45) is 0 Å². The molecule has 32 heavy (non-hydrogen) atoms. The van der Waals surface area contributed by atoms with Crippen LogP contribution in [-0.4, -0.2) is 36.2 Å². The molecular weight excluding hydrogens is 406 g/mol. The van der Waals surface area contributed by atoms with Crippen LogP contribution in [0.25, 0.3) is 16.6 Å². The molecule has 4 rings (SSSR count). The van der Waals surface area contributed by atoms with E-state index >= 15 is 0 Å². The molecule has 1 aromatic heterocycles. The fraction of sp³-hybridized carbons (Fsp3) is 0.160. The van der Waals surface area contributed by atoms with Gasteiger partial charge >= 0.3 is 0 Å². The number of methoxy groups -OCH3 is 2. The number of amides is 1. The van der Waals surface area contributed by atoms with Crippen LogP contribution in [0.3, 0.4) is 0 Å². The predicted octanol–water partition coefficient (Wildman–Crippen LogP) is 3.38. The van der Waals surface area contributed by atoms with Crippen molar-refractivity contribution in [3.63, 3.8) is 0 Å². The number of carbonyl (C=O) groups is 1. The Bertz CT molecular complexity index is 1310. The van der Waals surface area contributed by atoms with Crippen molar-refractivity contribution in [2.75, 3.05) is 20.8 Å². The van der Waals surface area contributed by atoms with Crippen molar-refractivity contribution in [1.82, 2.24) is 14.9 Å². The number of nitrogens with one attached hydrogen (secondary N) is 1.